The maximum atomic E-state index is 8.21. The van der Waals surface area contributed by atoms with Crippen molar-refractivity contribution in [2.75, 3.05) is 13.7 Å². The van der Waals surface area contributed by atoms with Crippen LogP contribution < -0.4 is 0 Å². The molecule has 2 heteroatoms. The third kappa shape index (κ3) is 3.33. The van der Waals surface area contributed by atoms with Gasteiger partial charge in [-0.25, -0.2) is 0 Å². The third-order valence-corrected chi connectivity index (χ3v) is 0.701. The standard InChI is InChI=1S/C5H10O2/c1-5(7-2)3-4-6/h3,6H,4H2,1-2H3/b5-3-. The van der Waals surface area contributed by atoms with Gasteiger partial charge < -0.3 is 9.84 Å². The summed E-state index contributed by atoms with van der Waals surface area (Å²) in [7, 11) is 1.57. The fraction of sp³-hybridized carbons (Fsp3) is 0.600. The van der Waals surface area contributed by atoms with Crippen LogP contribution in [0.1, 0.15) is 6.92 Å². The Morgan fingerprint density at radius 2 is 2.43 bits per heavy atom. The molecule has 0 radical (unpaired) electrons. The lowest BCUT2D eigenvalue weighted by Gasteiger charge is -1.93. The van der Waals surface area contributed by atoms with Gasteiger partial charge in [-0.2, -0.15) is 0 Å². The molecule has 0 aromatic rings. The molecule has 0 amide bonds. The summed E-state index contributed by atoms with van der Waals surface area (Å²) >= 11 is 0. The number of allylic oxidation sites excluding steroid dienone is 1. The van der Waals surface area contributed by atoms with E-state index in [1.807, 2.05) is 0 Å². The van der Waals surface area contributed by atoms with Crippen molar-refractivity contribution in [2.45, 2.75) is 6.92 Å². The normalized spacial score (nSPS) is 11.6. The molecule has 0 aliphatic carbocycles. The number of rotatable bonds is 2. The molecule has 0 aromatic carbocycles. The highest BCUT2D eigenvalue weighted by atomic mass is 16.5. The van der Waals surface area contributed by atoms with Crippen molar-refractivity contribution >= 4 is 0 Å². The Kier molecular flexibility index (Phi) is 3.42. The molecule has 0 fully saturated rings. The topological polar surface area (TPSA) is 29.5 Å². The molecule has 0 heterocycles. The smallest absolute Gasteiger partial charge is 0.0907 e. The summed E-state index contributed by atoms with van der Waals surface area (Å²) in [5, 5.41) is 8.21. The first-order valence-corrected chi connectivity index (χ1v) is 2.13. The van der Waals surface area contributed by atoms with Crippen LogP contribution in [0.15, 0.2) is 11.8 Å². The van der Waals surface area contributed by atoms with Crippen LogP contribution in [0.3, 0.4) is 0 Å². The maximum Gasteiger partial charge on any atom is 0.0907 e. The molecule has 42 valence electrons. The van der Waals surface area contributed by atoms with Crippen molar-refractivity contribution in [3.05, 3.63) is 11.8 Å². The van der Waals surface area contributed by atoms with E-state index in [0.29, 0.717) is 0 Å². The molecule has 0 unspecified atom stereocenters. The van der Waals surface area contributed by atoms with E-state index in [-0.39, 0.29) is 6.61 Å². The molecule has 2 nitrogen and oxygen atoms in total. The average Bonchev–Trinajstić information content (AvgIpc) is 1.68. The van der Waals surface area contributed by atoms with Crippen LogP contribution in [-0.4, -0.2) is 18.8 Å². The third-order valence-electron chi connectivity index (χ3n) is 0.701. The van der Waals surface area contributed by atoms with Gasteiger partial charge in [0.1, 0.15) is 0 Å². The van der Waals surface area contributed by atoms with Gasteiger partial charge in [-0.05, 0) is 13.0 Å². The summed E-state index contributed by atoms with van der Waals surface area (Å²) in [6.45, 7) is 1.84. The van der Waals surface area contributed by atoms with Crippen LogP contribution in [0.2, 0.25) is 0 Å². The van der Waals surface area contributed by atoms with E-state index >= 15 is 0 Å². The van der Waals surface area contributed by atoms with Crippen LogP contribution in [0.25, 0.3) is 0 Å². The zero-order chi connectivity index (χ0) is 5.70. The van der Waals surface area contributed by atoms with Crippen molar-refractivity contribution in [1.82, 2.24) is 0 Å². The van der Waals surface area contributed by atoms with Crippen molar-refractivity contribution in [2.24, 2.45) is 0 Å². The van der Waals surface area contributed by atoms with Gasteiger partial charge in [-0.3, -0.25) is 0 Å². The first kappa shape index (κ1) is 6.50. The molecule has 1 N–H and O–H groups in total. The molecule has 0 atom stereocenters. The van der Waals surface area contributed by atoms with E-state index in [0.717, 1.165) is 5.76 Å². The summed E-state index contributed by atoms with van der Waals surface area (Å²) in [4.78, 5) is 0. The molecule has 7 heavy (non-hydrogen) atoms. The van der Waals surface area contributed by atoms with Crippen LogP contribution >= 0.6 is 0 Å². The van der Waals surface area contributed by atoms with E-state index in [9.17, 15) is 0 Å². The second-order valence-corrected chi connectivity index (χ2v) is 1.20. The fourth-order valence-electron chi connectivity index (χ4n) is 0.212. The van der Waals surface area contributed by atoms with Crippen molar-refractivity contribution in [3.8, 4) is 0 Å². The van der Waals surface area contributed by atoms with Crippen molar-refractivity contribution in [1.29, 1.82) is 0 Å². The van der Waals surface area contributed by atoms with E-state index in [2.05, 4.69) is 0 Å². The molecule has 0 bridgehead atoms. The molecule has 0 aliphatic rings. The van der Waals surface area contributed by atoms with Gasteiger partial charge in [0, 0.05) is 0 Å². The fourth-order valence-corrected chi connectivity index (χ4v) is 0.212. The summed E-state index contributed by atoms with van der Waals surface area (Å²) < 4.78 is 4.69. The summed E-state index contributed by atoms with van der Waals surface area (Å²) in [6.07, 6.45) is 1.60. The Hall–Kier alpha value is -0.500. The largest absolute Gasteiger partial charge is 0.502 e. The number of hydrogen-bond donors (Lipinski definition) is 1. The van der Waals surface area contributed by atoms with Crippen LogP contribution in [-0.2, 0) is 4.74 Å². The zero-order valence-electron chi connectivity index (χ0n) is 4.64. The second kappa shape index (κ2) is 3.68. The summed E-state index contributed by atoms with van der Waals surface area (Å²) in [6, 6.07) is 0. The van der Waals surface area contributed by atoms with Gasteiger partial charge in [0.2, 0.25) is 0 Å². The molecule has 0 spiro atoms. The van der Waals surface area contributed by atoms with Crippen LogP contribution in [0.5, 0.6) is 0 Å². The van der Waals surface area contributed by atoms with E-state index in [4.69, 9.17) is 9.84 Å². The highest BCUT2D eigenvalue weighted by Crippen LogP contribution is 1.88. The lowest BCUT2D eigenvalue weighted by atomic mass is 10.5. The second-order valence-electron chi connectivity index (χ2n) is 1.20. The highest BCUT2D eigenvalue weighted by molar-refractivity contribution is 4.86. The predicted octanol–water partition coefficient (Wildman–Crippen LogP) is 0.529. The summed E-state index contributed by atoms with van der Waals surface area (Å²) in [5.74, 6) is 0.752. The predicted molar refractivity (Wildman–Crippen MR) is 27.9 cm³/mol. The molecule has 0 rings (SSSR count). The number of aliphatic hydroxyl groups is 1. The van der Waals surface area contributed by atoms with E-state index < -0.39 is 0 Å². The van der Waals surface area contributed by atoms with E-state index in [1.165, 1.54) is 0 Å². The van der Waals surface area contributed by atoms with Crippen molar-refractivity contribution < 1.29 is 9.84 Å². The van der Waals surface area contributed by atoms with Gasteiger partial charge >= 0.3 is 0 Å². The van der Waals surface area contributed by atoms with Gasteiger partial charge in [-0.1, -0.05) is 0 Å². The quantitative estimate of drug-likeness (QED) is 0.515. The first-order chi connectivity index (χ1) is 3.31. The maximum absolute atomic E-state index is 8.21. The molecular weight excluding hydrogens is 92.1 g/mol. The van der Waals surface area contributed by atoms with Gasteiger partial charge in [0.25, 0.3) is 0 Å². The molecule has 0 aromatic heterocycles. The van der Waals surface area contributed by atoms with Gasteiger partial charge in [-0.15, -0.1) is 0 Å². The van der Waals surface area contributed by atoms with Gasteiger partial charge in [0.15, 0.2) is 0 Å². The highest BCUT2D eigenvalue weighted by Gasteiger charge is 1.77. The minimum absolute atomic E-state index is 0.0552. The Morgan fingerprint density at radius 3 is 2.57 bits per heavy atom. The molecule has 0 saturated heterocycles. The molecule has 0 aliphatic heterocycles. The zero-order valence-corrected chi connectivity index (χ0v) is 4.64. The lowest BCUT2D eigenvalue weighted by molar-refractivity contribution is 0.279. The Balaban J connectivity index is 3.29. The Labute approximate surface area is 43.4 Å². The monoisotopic (exact) mass is 102 g/mol. The average molecular weight is 102 g/mol. The number of ether oxygens (including phenoxy) is 1. The number of methoxy groups -OCH3 is 1. The summed E-state index contributed by atoms with van der Waals surface area (Å²) in [5.41, 5.74) is 0. The number of aliphatic hydroxyl groups excluding tert-OH is 1. The molecular formula is C5H10O2. The van der Waals surface area contributed by atoms with Crippen LogP contribution in [0, 0.1) is 0 Å². The lowest BCUT2D eigenvalue weighted by Crippen LogP contribution is -1.81. The van der Waals surface area contributed by atoms with Crippen molar-refractivity contribution in [3.63, 3.8) is 0 Å². The van der Waals surface area contributed by atoms with Crippen LogP contribution in [0.4, 0.5) is 0 Å². The van der Waals surface area contributed by atoms with Gasteiger partial charge in [0.05, 0.1) is 19.5 Å². The number of hydrogen-bond acceptors (Lipinski definition) is 2. The van der Waals surface area contributed by atoms with E-state index in [1.54, 1.807) is 20.1 Å². The Bertz CT molecular complexity index is 66.5. The first-order valence-electron chi connectivity index (χ1n) is 2.13. The Morgan fingerprint density at radius 1 is 1.86 bits per heavy atom. The minimum Gasteiger partial charge on any atom is -0.502 e. The molecule has 0 saturated carbocycles. The SMILES string of the molecule is CO/C(C)=C\CO. The minimum atomic E-state index is 0.0552.